The molecular weight excluding hydrogens is 406 g/mol. The first-order valence-corrected chi connectivity index (χ1v) is 10.5. The Hall–Kier alpha value is -3.81. The number of rotatable bonds is 6. The van der Waals surface area contributed by atoms with Crippen LogP contribution in [0.5, 0.6) is 0 Å². The van der Waals surface area contributed by atoms with Gasteiger partial charge in [-0.2, -0.15) is 0 Å². The zero-order valence-electron chi connectivity index (χ0n) is 18.3. The summed E-state index contributed by atoms with van der Waals surface area (Å²) < 4.78 is 5.32. The molecule has 0 spiro atoms. The molecule has 1 aliphatic heterocycles. The molecule has 1 atom stereocenters. The Morgan fingerprint density at radius 3 is 2.72 bits per heavy atom. The number of nitrogens with zero attached hydrogens (tertiary/aromatic N) is 4. The highest BCUT2D eigenvalue weighted by Crippen LogP contribution is 2.32. The van der Waals surface area contributed by atoms with E-state index in [1.807, 2.05) is 39.0 Å². The van der Waals surface area contributed by atoms with Crippen LogP contribution in [-0.4, -0.2) is 39.6 Å². The Morgan fingerprint density at radius 2 is 2.03 bits per heavy atom. The van der Waals surface area contributed by atoms with Crippen molar-refractivity contribution >= 4 is 17.7 Å². The molecule has 164 valence electrons. The van der Waals surface area contributed by atoms with E-state index in [1.165, 1.54) is 0 Å². The van der Waals surface area contributed by atoms with Gasteiger partial charge in [0.25, 0.3) is 5.91 Å². The molecule has 4 rings (SSSR count). The molecule has 0 unspecified atom stereocenters. The first kappa shape index (κ1) is 21.4. The van der Waals surface area contributed by atoms with Crippen LogP contribution in [0, 0.1) is 12.8 Å². The third-order valence-corrected chi connectivity index (χ3v) is 5.39. The van der Waals surface area contributed by atoms with Crippen LogP contribution < -0.4 is 10.2 Å². The Morgan fingerprint density at radius 1 is 1.19 bits per heavy atom. The van der Waals surface area contributed by atoms with E-state index in [1.54, 1.807) is 41.8 Å². The Balaban J connectivity index is 1.71. The van der Waals surface area contributed by atoms with Crippen LogP contribution in [0.1, 0.15) is 35.5 Å². The second-order valence-corrected chi connectivity index (χ2v) is 8.13. The van der Waals surface area contributed by atoms with E-state index in [4.69, 9.17) is 4.74 Å². The largest absolute Gasteiger partial charge is 0.447 e. The SMILES string of the molecule is Cc1ccc(-c2cc(C(=O)NCc3cnccn3)cc(N3C(=O)OC[C@H]3C(C)C)c2)nc1. The summed E-state index contributed by atoms with van der Waals surface area (Å²) >= 11 is 0. The van der Waals surface area contributed by atoms with Gasteiger partial charge in [-0.25, -0.2) is 4.79 Å². The number of aryl methyl sites for hydroxylation is 1. The summed E-state index contributed by atoms with van der Waals surface area (Å²) in [5.74, 6) is -0.0870. The zero-order valence-corrected chi connectivity index (χ0v) is 18.3. The monoisotopic (exact) mass is 431 g/mol. The minimum absolute atomic E-state index is 0.112. The Labute approximate surface area is 186 Å². The lowest BCUT2D eigenvalue weighted by Gasteiger charge is -2.25. The van der Waals surface area contributed by atoms with Crippen molar-refractivity contribution < 1.29 is 14.3 Å². The number of amides is 2. The molecule has 2 amide bonds. The molecule has 32 heavy (non-hydrogen) atoms. The fourth-order valence-electron chi connectivity index (χ4n) is 3.59. The van der Waals surface area contributed by atoms with Gasteiger partial charge in [-0.15, -0.1) is 0 Å². The van der Waals surface area contributed by atoms with Gasteiger partial charge < -0.3 is 10.1 Å². The number of aromatic nitrogens is 3. The molecule has 3 aromatic rings. The van der Waals surface area contributed by atoms with Crippen LogP contribution in [0.4, 0.5) is 10.5 Å². The lowest BCUT2D eigenvalue weighted by atomic mass is 10.0. The van der Waals surface area contributed by atoms with E-state index in [-0.39, 0.29) is 24.4 Å². The molecule has 0 saturated carbocycles. The summed E-state index contributed by atoms with van der Waals surface area (Å²) in [6.07, 6.45) is 6.12. The molecule has 0 aliphatic carbocycles. The number of nitrogens with one attached hydrogen (secondary N) is 1. The predicted molar refractivity (Wildman–Crippen MR) is 120 cm³/mol. The van der Waals surface area contributed by atoms with Crippen LogP contribution >= 0.6 is 0 Å². The summed E-state index contributed by atoms with van der Waals surface area (Å²) in [4.78, 5) is 39.9. The highest BCUT2D eigenvalue weighted by Gasteiger charge is 2.36. The van der Waals surface area contributed by atoms with Gasteiger partial charge in [0, 0.05) is 35.4 Å². The van der Waals surface area contributed by atoms with Crippen molar-refractivity contribution in [2.75, 3.05) is 11.5 Å². The number of hydrogen-bond donors (Lipinski definition) is 1. The number of ether oxygens (including phenoxy) is 1. The lowest BCUT2D eigenvalue weighted by Crippen LogP contribution is -2.37. The number of cyclic esters (lactones) is 1. The first-order valence-electron chi connectivity index (χ1n) is 10.5. The van der Waals surface area contributed by atoms with Crippen molar-refractivity contribution in [2.45, 2.75) is 33.4 Å². The molecule has 1 fully saturated rings. The van der Waals surface area contributed by atoms with Crippen molar-refractivity contribution in [1.29, 1.82) is 0 Å². The standard InChI is InChI=1S/C24H25N5O3/c1-15(2)22-14-32-24(31)29(22)20-9-17(21-5-4-16(3)11-27-21)8-18(10-20)23(30)28-13-19-12-25-6-7-26-19/h4-12,15,22H,13-14H2,1-3H3,(H,28,30)/t22-/m0/s1. The van der Waals surface area contributed by atoms with Crippen molar-refractivity contribution in [2.24, 2.45) is 5.92 Å². The summed E-state index contributed by atoms with van der Waals surface area (Å²) in [7, 11) is 0. The first-order chi connectivity index (χ1) is 15.4. The quantitative estimate of drug-likeness (QED) is 0.638. The van der Waals surface area contributed by atoms with Gasteiger partial charge in [0.2, 0.25) is 0 Å². The second kappa shape index (κ2) is 9.13. The molecule has 2 aromatic heterocycles. The third-order valence-electron chi connectivity index (χ3n) is 5.39. The average Bonchev–Trinajstić information content (AvgIpc) is 3.20. The maximum absolute atomic E-state index is 13.0. The highest BCUT2D eigenvalue weighted by molar-refractivity contribution is 5.99. The van der Waals surface area contributed by atoms with Gasteiger partial charge in [0.15, 0.2) is 0 Å². The highest BCUT2D eigenvalue weighted by atomic mass is 16.6. The van der Waals surface area contributed by atoms with E-state index >= 15 is 0 Å². The summed E-state index contributed by atoms with van der Waals surface area (Å²) in [5, 5.41) is 2.87. The van der Waals surface area contributed by atoms with E-state index in [2.05, 4.69) is 20.3 Å². The average molecular weight is 431 g/mol. The molecule has 8 heteroatoms. The lowest BCUT2D eigenvalue weighted by molar-refractivity contribution is 0.0950. The van der Waals surface area contributed by atoms with Crippen LogP contribution in [0.25, 0.3) is 11.3 Å². The van der Waals surface area contributed by atoms with Crippen molar-refractivity contribution in [3.63, 3.8) is 0 Å². The molecule has 1 aromatic carbocycles. The van der Waals surface area contributed by atoms with Crippen LogP contribution in [-0.2, 0) is 11.3 Å². The Kier molecular flexibility index (Phi) is 6.11. The maximum atomic E-state index is 13.0. The van der Waals surface area contributed by atoms with E-state index < -0.39 is 6.09 Å². The van der Waals surface area contributed by atoms with Crippen LogP contribution in [0.3, 0.4) is 0 Å². The molecule has 1 saturated heterocycles. The molecule has 8 nitrogen and oxygen atoms in total. The van der Waals surface area contributed by atoms with E-state index in [0.29, 0.717) is 29.2 Å². The second-order valence-electron chi connectivity index (χ2n) is 8.13. The fraction of sp³-hybridized carbons (Fsp3) is 0.292. The fourth-order valence-corrected chi connectivity index (χ4v) is 3.59. The third kappa shape index (κ3) is 4.59. The predicted octanol–water partition coefficient (Wildman–Crippen LogP) is 3.76. The number of carbonyl (C=O) groups is 2. The van der Waals surface area contributed by atoms with E-state index in [9.17, 15) is 9.59 Å². The summed E-state index contributed by atoms with van der Waals surface area (Å²) in [6.45, 7) is 6.61. The minimum atomic E-state index is -0.413. The van der Waals surface area contributed by atoms with Crippen molar-refractivity contribution in [3.05, 3.63) is 71.9 Å². The molecule has 1 aliphatic rings. The van der Waals surface area contributed by atoms with E-state index in [0.717, 1.165) is 11.1 Å². The molecule has 3 heterocycles. The van der Waals surface area contributed by atoms with Gasteiger partial charge in [-0.1, -0.05) is 19.9 Å². The van der Waals surface area contributed by atoms with Gasteiger partial charge >= 0.3 is 6.09 Å². The molecule has 0 bridgehead atoms. The molecule has 1 N–H and O–H groups in total. The van der Waals surface area contributed by atoms with Crippen LogP contribution in [0.15, 0.2) is 55.1 Å². The number of benzene rings is 1. The normalized spacial score (nSPS) is 15.7. The maximum Gasteiger partial charge on any atom is 0.414 e. The number of pyridine rings is 1. The van der Waals surface area contributed by atoms with Gasteiger partial charge in [0.1, 0.15) is 6.61 Å². The molecular formula is C24H25N5O3. The van der Waals surface area contributed by atoms with Crippen molar-refractivity contribution in [1.82, 2.24) is 20.3 Å². The Bertz CT molecular complexity index is 1120. The topological polar surface area (TPSA) is 97.3 Å². The molecule has 0 radical (unpaired) electrons. The van der Waals surface area contributed by atoms with Gasteiger partial charge in [-0.3, -0.25) is 24.6 Å². The number of hydrogen-bond acceptors (Lipinski definition) is 6. The number of anilines is 1. The van der Waals surface area contributed by atoms with Crippen LogP contribution in [0.2, 0.25) is 0 Å². The van der Waals surface area contributed by atoms with Crippen molar-refractivity contribution in [3.8, 4) is 11.3 Å². The number of carbonyl (C=O) groups excluding carboxylic acids is 2. The van der Waals surface area contributed by atoms with Gasteiger partial charge in [-0.05, 0) is 42.7 Å². The zero-order chi connectivity index (χ0) is 22.7. The smallest absolute Gasteiger partial charge is 0.414 e. The summed E-state index contributed by atoms with van der Waals surface area (Å²) in [5.41, 5.74) is 4.18. The summed E-state index contributed by atoms with van der Waals surface area (Å²) in [6, 6.07) is 9.12. The van der Waals surface area contributed by atoms with Gasteiger partial charge in [0.05, 0.1) is 30.2 Å². The minimum Gasteiger partial charge on any atom is -0.447 e.